The molecule has 0 radical (unpaired) electrons. The fourth-order valence-electron chi connectivity index (χ4n) is 1.71. The summed E-state index contributed by atoms with van der Waals surface area (Å²) >= 11 is 0. The molecule has 0 aliphatic heterocycles. The number of carboxylic acid groups (broad SMARTS) is 4. The van der Waals surface area contributed by atoms with Crippen molar-refractivity contribution in [3.05, 3.63) is 47.5 Å². The fraction of sp³-hybridized carbons (Fsp3) is 0. The van der Waals surface area contributed by atoms with Crippen LogP contribution in [0.2, 0.25) is 0 Å². The smallest absolute Gasteiger partial charge is 0.336 e. The van der Waals surface area contributed by atoms with Gasteiger partial charge in [0.05, 0.1) is 11.1 Å². The first kappa shape index (κ1) is 16.6. The molecule has 0 fully saturated rings. The first-order valence-electron chi connectivity index (χ1n) is 5.69. The van der Waals surface area contributed by atoms with Crippen LogP contribution < -0.4 is 0 Å². The normalized spacial score (nSPS) is 11.8. The molecule has 0 aromatic heterocycles. The van der Waals surface area contributed by atoms with Crippen molar-refractivity contribution in [2.24, 2.45) is 0 Å². The SMILES string of the molecule is O=C(O)/C=C(\C(=O)O)c1ccccc1/C(=C/C(=O)O)C(=O)O. The second kappa shape index (κ2) is 6.84. The molecule has 1 aromatic carbocycles. The maximum atomic E-state index is 11.2. The minimum Gasteiger partial charge on any atom is -0.478 e. The maximum absolute atomic E-state index is 11.2. The Kier molecular flexibility index (Phi) is 5.17. The molecule has 0 spiro atoms. The van der Waals surface area contributed by atoms with E-state index >= 15 is 0 Å². The molecule has 0 unspecified atom stereocenters. The Bertz CT molecular complexity index is 650. The summed E-state index contributed by atoms with van der Waals surface area (Å²) in [5.41, 5.74) is -1.76. The van der Waals surface area contributed by atoms with Gasteiger partial charge in [-0.15, -0.1) is 0 Å². The molecule has 114 valence electrons. The zero-order chi connectivity index (χ0) is 16.9. The van der Waals surface area contributed by atoms with Crippen molar-refractivity contribution in [2.45, 2.75) is 0 Å². The van der Waals surface area contributed by atoms with E-state index in [4.69, 9.17) is 20.4 Å². The molecule has 4 N–H and O–H groups in total. The van der Waals surface area contributed by atoms with Crippen molar-refractivity contribution in [3.63, 3.8) is 0 Å². The van der Waals surface area contributed by atoms with Crippen LogP contribution in [0.15, 0.2) is 36.4 Å². The Morgan fingerprint density at radius 2 is 1.00 bits per heavy atom. The molecule has 0 saturated heterocycles. The van der Waals surface area contributed by atoms with Crippen LogP contribution in [-0.4, -0.2) is 44.3 Å². The van der Waals surface area contributed by atoms with Gasteiger partial charge in [-0.05, 0) is 11.1 Å². The average molecular weight is 306 g/mol. The van der Waals surface area contributed by atoms with Gasteiger partial charge in [-0.25, -0.2) is 19.2 Å². The van der Waals surface area contributed by atoms with Crippen LogP contribution >= 0.6 is 0 Å². The lowest BCUT2D eigenvalue weighted by atomic mass is 9.94. The summed E-state index contributed by atoms with van der Waals surface area (Å²) < 4.78 is 0. The number of rotatable bonds is 6. The van der Waals surface area contributed by atoms with Gasteiger partial charge < -0.3 is 20.4 Å². The Hall–Kier alpha value is -3.42. The summed E-state index contributed by atoms with van der Waals surface area (Å²) in [6.07, 6.45) is 0.808. The molecule has 1 aromatic rings. The number of hydrogen-bond acceptors (Lipinski definition) is 4. The predicted molar refractivity (Wildman–Crippen MR) is 72.9 cm³/mol. The van der Waals surface area contributed by atoms with Crippen LogP contribution in [0, 0.1) is 0 Å². The number of aliphatic carboxylic acids is 4. The largest absolute Gasteiger partial charge is 0.478 e. The molecule has 0 heterocycles. The lowest BCUT2D eigenvalue weighted by molar-refractivity contribution is -0.133. The standard InChI is InChI=1S/C14H10O8/c15-11(16)5-9(13(19)20)7-3-1-2-4-8(7)10(14(21)22)6-12(17)18/h1-6H,(H,15,16)(H,17,18)(H,19,20)(H,21,22)/b9-5-,10-6-. The topological polar surface area (TPSA) is 149 Å². The Morgan fingerprint density at radius 3 is 1.23 bits per heavy atom. The van der Waals surface area contributed by atoms with E-state index in [-0.39, 0.29) is 11.1 Å². The Morgan fingerprint density at radius 1 is 0.682 bits per heavy atom. The van der Waals surface area contributed by atoms with E-state index in [1.165, 1.54) is 24.3 Å². The van der Waals surface area contributed by atoms with Crippen LogP contribution in [0.4, 0.5) is 0 Å². The van der Waals surface area contributed by atoms with Crippen LogP contribution in [-0.2, 0) is 19.2 Å². The molecule has 0 bridgehead atoms. The molecule has 22 heavy (non-hydrogen) atoms. The van der Waals surface area contributed by atoms with Gasteiger partial charge in [0, 0.05) is 12.2 Å². The third-order valence-electron chi connectivity index (χ3n) is 2.50. The van der Waals surface area contributed by atoms with Gasteiger partial charge in [0.25, 0.3) is 0 Å². The van der Waals surface area contributed by atoms with Crippen LogP contribution in [0.3, 0.4) is 0 Å². The van der Waals surface area contributed by atoms with Crippen molar-refractivity contribution in [3.8, 4) is 0 Å². The molecule has 1 rings (SSSR count). The molecule has 0 aliphatic rings. The highest BCUT2D eigenvalue weighted by molar-refractivity contribution is 6.25. The lowest BCUT2D eigenvalue weighted by Crippen LogP contribution is -2.09. The number of carboxylic acids is 4. The van der Waals surface area contributed by atoms with E-state index in [0.29, 0.717) is 12.2 Å². The van der Waals surface area contributed by atoms with Gasteiger partial charge >= 0.3 is 23.9 Å². The molecule has 0 amide bonds. The second-order valence-corrected chi connectivity index (χ2v) is 3.95. The summed E-state index contributed by atoms with van der Waals surface area (Å²) in [4.78, 5) is 43.8. The molecule has 0 saturated carbocycles. The predicted octanol–water partition coefficient (Wildman–Crippen LogP) is 0.792. The van der Waals surface area contributed by atoms with E-state index in [1.54, 1.807) is 0 Å². The maximum Gasteiger partial charge on any atom is 0.336 e. The number of benzene rings is 1. The minimum absolute atomic E-state index is 0.215. The molecular weight excluding hydrogens is 296 g/mol. The van der Waals surface area contributed by atoms with Gasteiger partial charge in [-0.1, -0.05) is 24.3 Å². The quantitative estimate of drug-likeness (QED) is 0.563. The number of hydrogen-bond donors (Lipinski definition) is 4. The summed E-state index contributed by atoms with van der Waals surface area (Å²) in [6.45, 7) is 0. The highest BCUT2D eigenvalue weighted by atomic mass is 16.4. The van der Waals surface area contributed by atoms with E-state index in [1.807, 2.05) is 0 Å². The fourth-order valence-corrected chi connectivity index (χ4v) is 1.71. The second-order valence-electron chi connectivity index (χ2n) is 3.95. The van der Waals surface area contributed by atoms with Crippen molar-refractivity contribution < 1.29 is 39.6 Å². The monoisotopic (exact) mass is 306 g/mol. The van der Waals surface area contributed by atoms with Gasteiger partial charge in [0.1, 0.15) is 0 Å². The summed E-state index contributed by atoms with van der Waals surface area (Å²) in [7, 11) is 0. The van der Waals surface area contributed by atoms with Gasteiger partial charge in [0.2, 0.25) is 0 Å². The highest BCUT2D eigenvalue weighted by Crippen LogP contribution is 2.26. The Labute approximate surface area is 123 Å². The minimum atomic E-state index is -1.59. The third-order valence-corrected chi connectivity index (χ3v) is 2.50. The summed E-state index contributed by atoms with van der Waals surface area (Å²) in [6, 6.07) is 5.13. The van der Waals surface area contributed by atoms with E-state index < -0.39 is 35.0 Å². The lowest BCUT2D eigenvalue weighted by Gasteiger charge is -2.10. The Balaban J connectivity index is 3.66. The molecule has 8 heteroatoms. The van der Waals surface area contributed by atoms with Gasteiger partial charge in [0.15, 0.2) is 0 Å². The molecular formula is C14H10O8. The highest BCUT2D eigenvalue weighted by Gasteiger charge is 2.21. The summed E-state index contributed by atoms with van der Waals surface area (Å²) in [5.74, 6) is -6.25. The van der Waals surface area contributed by atoms with Crippen LogP contribution in [0.5, 0.6) is 0 Å². The van der Waals surface area contributed by atoms with Crippen molar-refractivity contribution in [2.75, 3.05) is 0 Å². The molecule has 0 aliphatic carbocycles. The first-order chi connectivity index (χ1) is 10.2. The van der Waals surface area contributed by atoms with Gasteiger partial charge in [-0.3, -0.25) is 0 Å². The first-order valence-corrected chi connectivity index (χ1v) is 5.69. The third kappa shape index (κ3) is 4.04. The zero-order valence-corrected chi connectivity index (χ0v) is 10.9. The van der Waals surface area contributed by atoms with E-state index in [9.17, 15) is 19.2 Å². The number of carbonyl (C=O) groups is 4. The van der Waals surface area contributed by atoms with E-state index in [2.05, 4.69) is 0 Å². The van der Waals surface area contributed by atoms with Crippen molar-refractivity contribution >= 4 is 35.0 Å². The van der Waals surface area contributed by atoms with Crippen molar-refractivity contribution in [1.82, 2.24) is 0 Å². The average Bonchev–Trinajstić information content (AvgIpc) is 2.41. The zero-order valence-electron chi connectivity index (χ0n) is 10.9. The summed E-state index contributed by atoms with van der Waals surface area (Å²) in [5, 5.41) is 35.6. The van der Waals surface area contributed by atoms with Crippen LogP contribution in [0.1, 0.15) is 11.1 Å². The molecule has 0 atom stereocenters. The van der Waals surface area contributed by atoms with Gasteiger partial charge in [-0.2, -0.15) is 0 Å². The van der Waals surface area contributed by atoms with E-state index in [0.717, 1.165) is 0 Å². The van der Waals surface area contributed by atoms with Crippen LogP contribution in [0.25, 0.3) is 11.1 Å². The van der Waals surface area contributed by atoms with Crippen molar-refractivity contribution in [1.29, 1.82) is 0 Å². The molecule has 8 nitrogen and oxygen atoms in total.